The number of anilines is 1. The number of imidazole rings is 1. The Kier molecular flexibility index (Phi) is 2.73. The molecule has 3 aromatic rings. The molecule has 3 heteroatoms. The summed E-state index contributed by atoms with van der Waals surface area (Å²) in [5.74, 6) is 1.06. The summed E-state index contributed by atoms with van der Waals surface area (Å²) in [6.07, 6.45) is 3.78. The van der Waals surface area contributed by atoms with Crippen molar-refractivity contribution in [2.24, 2.45) is 0 Å². The van der Waals surface area contributed by atoms with Crippen LogP contribution in [0.1, 0.15) is 18.5 Å². The first-order valence-corrected chi connectivity index (χ1v) is 6.08. The van der Waals surface area contributed by atoms with Gasteiger partial charge in [0.2, 0.25) is 0 Å². The Morgan fingerprint density at radius 1 is 1.06 bits per heavy atom. The summed E-state index contributed by atoms with van der Waals surface area (Å²) in [4.78, 5) is 4.28. The highest BCUT2D eigenvalue weighted by Crippen LogP contribution is 2.19. The lowest BCUT2D eigenvalue weighted by atomic mass is 10.1. The minimum Gasteiger partial charge on any atom is -0.365 e. The molecule has 0 fully saturated rings. The number of pyridine rings is 1. The van der Waals surface area contributed by atoms with Crippen molar-refractivity contribution in [1.82, 2.24) is 9.38 Å². The van der Waals surface area contributed by atoms with Gasteiger partial charge in [-0.25, -0.2) is 4.98 Å². The number of rotatable bonds is 3. The van der Waals surface area contributed by atoms with Crippen molar-refractivity contribution < 1.29 is 0 Å². The second-order valence-corrected chi connectivity index (χ2v) is 4.34. The molecular weight excluding hydrogens is 222 g/mol. The number of aromatic nitrogens is 2. The van der Waals surface area contributed by atoms with E-state index in [1.54, 1.807) is 0 Å². The van der Waals surface area contributed by atoms with Crippen LogP contribution in [0.25, 0.3) is 5.65 Å². The molecule has 1 atom stereocenters. The number of nitrogens with zero attached hydrogens (tertiary/aromatic N) is 2. The number of benzene rings is 1. The lowest BCUT2D eigenvalue weighted by Gasteiger charge is -2.16. The minimum atomic E-state index is 0.263. The molecule has 0 aliphatic carbocycles. The van der Waals surface area contributed by atoms with Crippen molar-refractivity contribution in [3.8, 4) is 0 Å². The number of hydrogen-bond acceptors (Lipinski definition) is 2. The van der Waals surface area contributed by atoms with Gasteiger partial charge in [0.05, 0.1) is 0 Å². The van der Waals surface area contributed by atoms with Crippen LogP contribution in [0.15, 0.2) is 60.9 Å². The Morgan fingerprint density at radius 3 is 2.72 bits per heavy atom. The molecule has 0 spiro atoms. The minimum absolute atomic E-state index is 0.263. The number of hydrogen-bond donors (Lipinski definition) is 1. The fraction of sp³-hybridized carbons (Fsp3) is 0.133. The summed E-state index contributed by atoms with van der Waals surface area (Å²) in [6, 6.07) is 16.8. The van der Waals surface area contributed by atoms with Gasteiger partial charge in [0.25, 0.3) is 0 Å². The van der Waals surface area contributed by atoms with E-state index in [4.69, 9.17) is 0 Å². The van der Waals surface area contributed by atoms with Crippen LogP contribution < -0.4 is 5.32 Å². The van der Waals surface area contributed by atoms with E-state index in [2.05, 4.69) is 52.0 Å². The van der Waals surface area contributed by atoms with Crippen molar-refractivity contribution in [2.75, 3.05) is 5.32 Å². The third-order valence-corrected chi connectivity index (χ3v) is 3.09. The molecule has 0 bridgehead atoms. The Labute approximate surface area is 106 Å². The van der Waals surface area contributed by atoms with E-state index in [1.165, 1.54) is 5.56 Å². The molecule has 0 saturated carbocycles. The highest BCUT2D eigenvalue weighted by molar-refractivity contribution is 5.50. The van der Waals surface area contributed by atoms with Crippen LogP contribution in [0.3, 0.4) is 0 Å². The van der Waals surface area contributed by atoms with Gasteiger partial charge in [-0.3, -0.25) is 4.40 Å². The van der Waals surface area contributed by atoms with E-state index in [-0.39, 0.29) is 6.04 Å². The highest BCUT2D eigenvalue weighted by atomic mass is 15.1. The molecule has 3 rings (SSSR count). The quantitative estimate of drug-likeness (QED) is 0.755. The molecule has 1 aromatic carbocycles. The molecule has 0 radical (unpaired) electrons. The monoisotopic (exact) mass is 237 g/mol. The summed E-state index contributed by atoms with van der Waals surface area (Å²) < 4.78 is 2.06. The second kappa shape index (κ2) is 4.53. The maximum atomic E-state index is 4.28. The highest BCUT2D eigenvalue weighted by Gasteiger charge is 2.06. The SMILES string of the molecule is CC(Nc1cccc2nccn12)c1ccccc1. The van der Waals surface area contributed by atoms with Gasteiger partial charge in [0, 0.05) is 18.4 Å². The topological polar surface area (TPSA) is 29.3 Å². The maximum absolute atomic E-state index is 4.28. The third-order valence-electron chi connectivity index (χ3n) is 3.09. The zero-order chi connectivity index (χ0) is 12.4. The van der Waals surface area contributed by atoms with Crippen LogP contribution in [0.5, 0.6) is 0 Å². The first-order chi connectivity index (χ1) is 8.84. The Balaban J connectivity index is 1.91. The van der Waals surface area contributed by atoms with E-state index < -0.39 is 0 Å². The molecule has 1 N–H and O–H groups in total. The van der Waals surface area contributed by atoms with Gasteiger partial charge in [0.1, 0.15) is 11.5 Å². The molecule has 2 heterocycles. The second-order valence-electron chi connectivity index (χ2n) is 4.34. The van der Waals surface area contributed by atoms with Gasteiger partial charge in [-0.1, -0.05) is 36.4 Å². The molecule has 0 saturated heterocycles. The van der Waals surface area contributed by atoms with Gasteiger partial charge in [0.15, 0.2) is 0 Å². The molecule has 0 aliphatic heterocycles. The number of nitrogens with one attached hydrogen (secondary N) is 1. The van der Waals surface area contributed by atoms with Gasteiger partial charge in [-0.2, -0.15) is 0 Å². The summed E-state index contributed by atoms with van der Waals surface area (Å²) in [5, 5.41) is 3.51. The molecule has 0 amide bonds. The molecular formula is C15H15N3. The predicted octanol–water partition coefficient (Wildman–Crippen LogP) is 3.51. The average molecular weight is 237 g/mol. The summed E-state index contributed by atoms with van der Waals surface area (Å²) in [5.41, 5.74) is 2.23. The van der Waals surface area contributed by atoms with Crippen molar-refractivity contribution >= 4 is 11.5 Å². The predicted molar refractivity (Wildman–Crippen MR) is 73.7 cm³/mol. The van der Waals surface area contributed by atoms with Crippen LogP contribution >= 0.6 is 0 Å². The fourth-order valence-corrected chi connectivity index (χ4v) is 2.11. The van der Waals surface area contributed by atoms with E-state index in [1.807, 2.05) is 30.6 Å². The van der Waals surface area contributed by atoms with E-state index in [9.17, 15) is 0 Å². The normalized spacial score (nSPS) is 12.5. The van der Waals surface area contributed by atoms with Crippen LogP contribution in [0.4, 0.5) is 5.82 Å². The summed E-state index contributed by atoms with van der Waals surface area (Å²) in [6.45, 7) is 2.16. The molecule has 2 aromatic heterocycles. The van der Waals surface area contributed by atoms with E-state index in [0.717, 1.165) is 11.5 Å². The maximum Gasteiger partial charge on any atom is 0.138 e. The molecule has 3 nitrogen and oxygen atoms in total. The molecule has 90 valence electrons. The van der Waals surface area contributed by atoms with E-state index in [0.29, 0.717) is 0 Å². The van der Waals surface area contributed by atoms with Gasteiger partial charge in [-0.05, 0) is 24.6 Å². The van der Waals surface area contributed by atoms with Gasteiger partial charge < -0.3 is 5.32 Å². The van der Waals surface area contributed by atoms with Crippen molar-refractivity contribution in [2.45, 2.75) is 13.0 Å². The van der Waals surface area contributed by atoms with Crippen molar-refractivity contribution in [1.29, 1.82) is 0 Å². The Bertz CT molecular complexity index is 643. The van der Waals surface area contributed by atoms with Gasteiger partial charge >= 0.3 is 0 Å². The lowest BCUT2D eigenvalue weighted by Crippen LogP contribution is -2.09. The standard InChI is InChI=1S/C15H15N3/c1-12(13-6-3-2-4-7-13)17-15-9-5-8-14-16-10-11-18(14)15/h2-12,17H,1H3. The van der Waals surface area contributed by atoms with Gasteiger partial charge in [-0.15, -0.1) is 0 Å². The van der Waals surface area contributed by atoms with Crippen LogP contribution in [-0.4, -0.2) is 9.38 Å². The Hall–Kier alpha value is -2.29. The molecule has 0 aliphatic rings. The first-order valence-electron chi connectivity index (χ1n) is 6.08. The third kappa shape index (κ3) is 1.95. The zero-order valence-electron chi connectivity index (χ0n) is 10.2. The largest absolute Gasteiger partial charge is 0.365 e. The number of fused-ring (bicyclic) bond motifs is 1. The first kappa shape index (κ1) is 10.8. The zero-order valence-corrected chi connectivity index (χ0v) is 10.2. The summed E-state index contributed by atoms with van der Waals surface area (Å²) >= 11 is 0. The summed E-state index contributed by atoms with van der Waals surface area (Å²) in [7, 11) is 0. The fourth-order valence-electron chi connectivity index (χ4n) is 2.11. The van der Waals surface area contributed by atoms with Crippen molar-refractivity contribution in [3.63, 3.8) is 0 Å². The van der Waals surface area contributed by atoms with Crippen LogP contribution in [-0.2, 0) is 0 Å². The Morgan fingerprint density at radius 2 is 1.89 bits per heavy atom. The van der Waals surface area contributed by atoms with Crippen LogP contribution in [0, 0.1) is 0 Å². The smallest absolute Gasteiger partial charge is 0.138 e. The average Bonchev–Trinajstić information content (AvgIpc) is 2.89. The lowest BCUT2D eigenvalue weighted by molar-refractivity contribution is 0.868. The van der Waals surface area contributed by atoms with Crippen molar-refractivity contribution in [3.05, 3.63) is 66.5 Å². The van der Waals surface area contributed by atoms with Crippen LogP contribution in [0.2, 0.25) is 0 Å². The molecule has 1 unspecified atom stereocenters. The van der Waals surface area contributed by atoms with E-state index >= 15 is 0 Å². The molecule has 18 heavy (non-hydrogen) atoms.